The first-order chi connectivity index (χ1) is 11.3. The van der Waals surface area contributed by atoms with Crippen molar-refractivity contribution in [1.29, 1.82) is 0 Å². The number of nitrogens with zero attached hydrogens (tertiary/aromatic N) is 2. The largest absolute Gasteiger partial charge is 0.370 e. The molecule has 1 atom stereocenters. The van der Waals surface area contributed by atoms with Gasteiger partial charge in [-0.3, -0.25) is 4.98 Å². The number of pyridine rings is 1. The van der Waals surface area contributed by atoms with Crippen LogP contribution < -0.4 is 5.32 Å². The third-order valence-corrected chi connectivity index (χ3v) is 3.91. The van der Waals surface area contributed by atoms with E-state index in [9.17, 15) is 4.79 Å². The summed E-state index contributed by atoms with van der Waals surface area (Å²) in [5, 5.41) is 2.96. The van der Waals surface area contributed by atoms with Crippen LogP contribution in [0.5, 0.6) is 0 Å². The number of benzene rings is 1. The summed E-state index contributed by atoms with van der Waals surface area (Å²) in [5.74, 6) is 0. The Morgan fingerprint density at radius 3 is 2.83 bits per heavy atom. The van der Waals surface area contributed by atoms with Crippen molar-refractivity contribution in [2.24, 2.45) is 0 Å². The summed E-state index contributed by atoms with van der Waals surface area (Å²) in [6, 6.07) is 15.8. The molecule has 1 saturated heterocycles. The quantitative estimate of drug-likeness (QED) is 0.943. The topological polar surface area (TPSA) is 54.5 Å². The SMILES string of the molecule is O=C(NCCc1ccccn1)N1CCOC(c2ccccc2)C1. The molecule has 1 aliphatic heterocycles. The highest BCUT2D eigenvalue weighted by Gasteiger charge is 2.24. The van der Waals surface area contributed by atoms with E-state index in [1.165, 1.54) is 0 Å². The minimum atomic E-state index is -0.0495. The van der Waals surface area contributed by atoms with E-state index in [1.807, 2.05) is 53.4 Å². The van der Waals surface area contributed by atoms with E-state index in [-0.39, 0.29) is 12.1 Å². The van der Waals surface area contributed by atoms with Crippen molar-refractivity contribution in [3.8, 4) is 0 Å². The molecule has 3 rings (SSSR count). The molecule has 120 valence electrons. The normalized spacial score (nSPS) is 17.7. The highest BCUT2D eigenvalue weighted by atomic mass is 16.5. The van der Waals surface area contributed by atoms with Crippen molar-refractivity contribution < 1.29 is 9.53 Å². The summed E-state index contributed by atoms with van der Waals surface area (Å²) in [4.78, 5) is 18.4. The fourth-order valence-electron chi connectivity index (χ4n) is 2.66. The first-order valence-electron chi connectivity index (χ1n) is 7.92. The van der Waals surface area contributed by atoms with Crippen LogP contribution in [0, 0.1) is 0 Å². The van der Waals surface area contributed by atoms with Gasteiger partial charge in [0.25, 0.3) is 0 Å². The van der Waals surface area contributed by atoms with Crippen LogP contribution in [-0.4, -0.2) is 42.2 Å². The van der Waals surface area contributed by atoms with Gasteiger partial charge in [-0.15, -0.1) is 0 Å². The van der Waals surface area contributed by atoms with Gasteiger partial charge in [0, 0.05) is 31.4 Å². The summed E-state index contributed by atoms with van der Waals surface area (Å²) in [7, 11) is 0. The van der Waals surface area contributed by atoms with Gasteiger partial charge >= 0.3 is 6.03 Å². The van der Waals surface area contributed by atoms with Crippen molar-refractivity contribution in [2.75, 3.05) is 26.2 Å². The number of ether oxygens (including phenoxy) is 1. The Labute approximate surface area is 136 Å². The first kappa shape index (κ1) is 15.5. The predicted octanol–water partition coefficient (Wildman–Crippen LogP) is 2.41. The van der Waals surface area contributed by atoms with Crippen LogP contribution in [0.1, 0.15) is 17.4 Å². The van der Waals surface area contributed by atoms with Gasteiger partial charge in [-0.2, -0.15) is 0 Å². The van der Waals surface area contributed by atoms with Crippen molar-refractivity contribution in [3.05, 3.63) is 66.0 Å². The molecule has 2 heterocycles. The molecule has 0 aliphatic carbocycles. The molecule has 1 aromatic carbocycles. The molecule has 1 fully saturated rings. The number of carbonyl (C=O) groups is 1. The average Bonchev–Trinajstić information content (AvgIpc) is 2.63. The van der Waals surface area contributed by atoms with Crippen LogP contribution in [0.15, 0.2) is 54.7 Å². The average molecular weight is 311 g/mol. The van der Waals surface area contributed by atoms with Crippen molar-refractivity contribution in [1.82, 2.24) is 15.2 Å². The molecule has 1 N–H and O–H groups in total. The summed E-state index contributed by atoms with van der Waals surface area (Å²) in [5.41, 5.74) is 2.09. The molecule has 2 aromatic rings. The van der Waals surface area contributed by atoms with Gasteiger partial charge in [-0.1, -0.05) is 36.4 Å². The number of urea groups is 1. The van der Waals surface area contributed by atoms with E-state index in [1.54, 1.807) is 6.20 Å². The maximum absolute atomic E-state index is 12.3. The fraction of sp³-hybridized carbons (Fsp3) is 0.333. The van der Waals surface area contributed by atoms with Crippen LogP contribution in [0.2, 0.25) is 0 Å². The smallest absolute Gasteiger partial charge is 0.317 e. The Morgan fingerprint density at radius 2 is 2.04 bits per heavy atom. The van der Waals surface area contributed by atoms with Crippen LogP contribution in [-0.2, 0) is 11.2 Å². The third-order valence-electron chi connectivity index (χ3n) is 3.91. The van der Waals surface area contributed by atoms with Gasteiger partial charge in [-0.05, 0) is 17.7 Å². The van der Waals surface area contributed by atoms with E-state index in [4.69, 9.17) is 4.74 Å². The van der Waals surface area contributed by atoms with E-state index in [0.717, 1.165) is 17.7 Å². The molecule has 1 aromatic heterocycles. The molecular formula is C18H21N3O2. The number of hydrogen-bond acceptors (Lipinski definition) is 3. The van der Waals surface area contributed by atoms with Crippen LogP contribution in [0.3, 0.4) is 0 Å². The number of amides is 2. The molecule has 23 heavy (non-hydrogen) atoms. The van der Waals surface area contributed by atoms with Gasteiger partial charge in [-0.25, -0.2) is 4.79 Å². The molecule has 0 radical (unpaired) electrons. The zero-order valence-electron chi connectivity index (χ0n) is 13.0. The second kappa shape index (κ2) is 7.74. The van der Waals surface area contributed by atoms with E-state index in [0.29, 0.717) is 26.2 Å². The Hall–Kier alpha value is -2.40. The lowest BCUT2D eigenvalue weighted by Gasteiger charge is -2.33. The Morgan fingerprint density at radius 1 is 1.22 bits per heavy atom. The van der Waals surface area contributed by atoms with E-state index in [2.05, 4.69) is 10.3 Å². The zero-order chi connectivity index (χ0) is 15.9. The number of aromatic nitrogens is 1. The van der Waals surface area contributed by atoms with Crippen LogP contribution in [0.25, 0.3) is 0 Å². The minimum absolute atomic E-state index is 0.0369. The summed E-state index contributed by atoms with van der Waals surface area (Å²) < 4.78 is 5.79. The van der Waals surface area contributed by atoms with Crippen molar-refractivity contribution in [2.45, 2.75) is 12.5 Å². The van der Waals surface area contributed by atoms with Crippen LogP contribution >= 0.6 is 0 Å². The van der Waals surface area contributed by atoms with Gasteiger partial charge in [0.15, 0.2) is 0 Å². The third kappa shape index (κ3) is 4.29. The number of morpholine rings is 1. The van der Waals surface area contributed by atoms with E-state index < -0.39 is 0 Å². The monoisotopic (exact) mass is 311 g/mol. The number of nitrogens with one attached hydrogen (secondary N) is 1. The lowest BCUT2D eigenvalue weighted by atomic mass is 10.1. The Bertz CT molecular complexity index is 619. The molecule has 5 nitrogen and oxygen atoms in total. The van der Waals surface area contributed by atoms with Crippen molar-refractivity contribution >= 4 is 6.03 Å². The molecule has 1 unspecified atom stereocenters. The van der Waals surface area contributed by atoms with E-state index >= 15 is 0 Å². The predicted molar refractivity (Wildman–Crippen MR) is 88.0 cm³/mol. The molecule has 5 heteroatoms. The van der Waals surface area contributed by atoms with Gasteiger partial charge < -0.3 is 15.0 Å². The number of hydrogen-bond donors (Lipinski definition) is 1. The maximum Gasteiger partial charge on any atom is 0.317 e. The lowest BCUT2D eigenvalue weighted by molar-refractivity contribution is -0.0154. The molecule has 0 bridgehead atoms. The maximum atomic E-state index is 12.3. The van der Waals surface area contributed by atoms with Crippen molar-refractivity contribution in [3.63, 3.8) is 0 Å². The van der Waals surface area contributed by atoms with Crippen LogP contribution in [0.4, 0.5) is 4.79 Å². The first-order valence-corrected chi connectivity index (χ1v) is 7.92. The molecule has 1 aliphatic rings. The fourth-order valence-corrected chi connectivity index (χ4v) is 2.66. The molecule has 0 spiro atoms. The van der Waals surface area contributed by atoms with Gasteiger partial charge in [0.2, 0.25) is 0 Å². The number of carbonyl (C=O) groups excluding carboxylic acids is 1. The summed E-state index contributed by atoms with van der Waals surface area (Å²) in [6.45, 7) is 2.36. The highest BCUT2D eigenvalue weighted by Crippen LogP contribution is 2.21. The lowest BCUT2D eigenvalue weighted by Crippen LogP contribution is -2.47. The highest BCUT2D eigenvalue weighted by molar-refractivity contribution is 5.74. The standard InChI is InChI=1S/C18H21N3O2/c22-18(20-11-9-16-8-4-5-10-19-16)21-12-13-23-17(14-21)15-6-2-1-3-7-15/h1-8,10,17H,9,11-14H2,(H,20,22). The second-order valence-electron chi connectivity index (χ2n) is 5.52. The second-order valence-corrected chi connectivity index (χ2v) is 5.52. The van der Waals surface area contributed by atoms with Gasteiger partial charge in [0.05, 0.1) is 13.2 Å². The molecular weight excluding hydrogens is 290 g/mol. The molecule has 0 saturated carbocycles. The van der Waals surface area contributed by atoms with Gasteiger partial charge in [0.1, 0.15) is 6.10 Å². The Balaban J connectivity index is 1.49. The Kier molecular flexibility index (Phi) is 5.21. The minimum Gasteiger partial charge on any atom is -0.370 e. The zero-order valence-corrected chi connectivity index (χ0v) is 13.0. The summed E-state index contributed by atoms with van der Waals surface area (Å²) in [6.07, 6.45) is 2.45. The summed E-state index contributed by atoms with van der Waals surface area (Å²) >= 11 is 0. The number of rotatable bonds is 4. The molecule has 2 amide bonds.